The van der Waals surface area contributed by atoms with Gasteiger partial charge in [-0.3, -0.25) is 9.36 Å². The highest BCUT2D eigenvalue weighted by molar-refractivity contribution is 7.99. The third-order valence-electron chi connectivity index (χ3n) is 4.70. The van der Waals surface area contributed by atoms with Crippen LogP contribution in [0.2, 0.25) is 15.1 Å². The fourth-order valence-electron chi connectivity index (χ4n) is 3.09. The first-order chi connectivity index (χ1) is 16.8. The number of hydrogen-bond donors (Lipinski definition) is 1. The molecule has 0 aliphatic carbocycles. The van der Waals surface area contributed by atoms with Gasteiger partial charge in [-0.1, -0.05) is 52.6 Å². The van der Waals surface area contributed by atoms with E-state index in [4.69, 9.17) is 49.0 Å². The minimum Gasteiger partial charge on any atom is -0.495 e. The van der Waals surface area contributed by atoms with E-state index in [9.17, 15) is 4.79 Å². The summed E-state index contributed by atoms with van der Waals surface area (Å²) in [6.07, 6.45) is 1.22. The second-order valence-corrected chi connectivity index (χ2v) is 9.29. The Balaban J connectivity index is 1.72. The van der Waals surface area contributed by atoms with Crippen molar-refractivity contribution in [2.45, 2.75) is 24.7 Å². The fourth-order valence-corrected chi connectivity index (χ4v) is 4.40. The molecule has 0 aliphatic rings. The Bertz CT molecular complexity index is 1220. The number of thioether (sulfide) groups is 1. The Kier molecular flexibility index (Phi) is 9.56. The number of amides is 1. The number of nitrogens with zero attached hydrogens (tertiary/aromatic N) is 3. The molecule has 1 unspecified atom stereocenters. The third kappa shape index (κ3) is 6.76. The molecule has 0 saturated carbocycles. The van der Waals surface area contributed by atoms with Crippen LogP contribution in [0.15, 0.2) is 48.1 Å². The van der Waals surface area contributed by atoms with E-state index < -0.39 is 6.10 Å². The van der Waals surface area contributed by atoms with Crippen LogP contribution in [-0.2, 0) is 11.3 Å². The topological polar surface area (TPSA) is 87.5 Å². The molecule has 3 aromatic rings. The van der Waals surface area contributed by atoms with Gasteiger partial charge in [0.05, 0.1) is 35.7 Å². The van der Waals surface area contributed by atoms with Crippen molar-refractivity contribution in [2.24, 2.45) is 0 Å². The van der Waals surface area contributed by atoms with Gasteiger partial charge in [-0.05, 0) is 19.1 Å². The second-order valence-electron chi connectivity index (χ2n) is 7.10. The first-order valence-corrected chi connectivity index (χ1v) is 12.4. The van der Waals surface area contributed by atoms with Crippen LogP contribution in [0.1, 0.15) is 18.9 Å². The van der Waals surface area contributed by atoms with Crippen molar-refractivity contribution in [1.29, 1.82) is 0 Å². The van der Waals surface area contributed by atoms with Crippen LogP contribution in [0, 0.1) is 0 Å². The summed E-state index contributed by atoms with van der Waals surface area (Å²) in [6.45, 7) is 6.04. The van der Waals surface area contributed by atoms with Gasteiger partial charge in [0, 0.05) is 29.8 Å². The molecule has 0 saturated heterocycles. The minimum absolute atomic E-state index is 0.0682. The summed E-state index contributed by atoms with van der Waals surface area (Å²) >= 11 is 19.6. The molecule has 0 spiro atoms. The number of methoxy groups -OCH3 is 2. The van der Waals surface area contributed by atoms with Crippen molar-refractivity contribution < 1.29 is 19.0 Å². The number of allylic oxidation sites excluding steroid dienone is 1. The van der Waals surface area contributed by atoms with Crippen LogP contribution in [0.4, 0.5) is 5.69 Å². The van der Waals surface area contributed by atoms with E-state index in [0.717, 1.165) is 0 Å². The van der Waals surface area contributed by atoms with Gasteiger partial charge >= 0.3 is 0 Å². The predicted octanol–water partition coefficient (Wildman–Crippen LogP) is 6.31. The summed E-state index contributed by atoms with van der Waals surface area (Å²) in [5.41, 5.74) is 0.438. The first kappa shape index (κ1) is 27.0. The largest absolute Gasteiger partial charge is 0.495 e. The lowest BCUT2D eigenvalue weighted by atomic mass is 10.2. The molecule has 0 aliphatic heterocycles. The first-order valence-electron chi connectivity index (χ1n) is 10.3. The molecule has 12 heteroatoms. The van der Waals surface area contributed by atoms with Crippen molar-refractivity contribution in [3.63, 3.8) is 0 Å². The Morgan fingerprint density at radius 2 is 1.86 bits per heavy atom. The molecule has 1 atom stereocenters. The molecular weight excluding hydrogens is 535 g/mol. The lowest BCUT2D eigenvalue weighted by molar-refractivity contribution is -0.113. The molecule has 1 N–H and O–H groups in total. The van der Waals surface area contributed by atoms with Gasteiger partial charge < -0.3 is 19.5 Å². The smallest absolute Gasteiger partial charge is 0.234 e. The summed E-state index contributed by atoms with van der Waals surface area (Å²) in [7, 11) is 2.98. The van der Waals surface area contributed by atoms with Crippen molar-refractivity contribution in [3.05, 3.63) is 63.9 Å². The van der Waals surface area contributed by atoms with E-state index in [1.54, 1.807) is 36.4 Å². The highest BCUT2D eigenvalue weighted by atomic mass is 35.5. The quantitative estimate of drug-likeness (QED) is 0.218. The van der Waals surface area contributed by atoms with Gasteiger partial charge in [0.25, 0.3) is 0 Å². The number of carbonyl (C=O) groups excluding carboxylic acids is 1. The van der Waals surface area contributed by atoms with Crippen molar-refractivity contribution in [2.75, 3.05) is 25.3 Å². The molecule has 3 rings (SSSR count). The van der Waals surface area contributed by atoms with E-state index in [2.05, 4.69) is 22.1 Å². The highest BCUT2D eigenvalue weighted by Crippen LogP contribution is 2.36. The van der Waals surface area contributed by atoms with Crippen molar-refractivity contribution >= 4 is 58.2 Å². The van der Waals surface area contributed by atoms with Crippen LogP contribution in [0.25, 0.3) is 0 Å². The molecule has 0 bridgehead atoms. The van der Waals surface area contributed by atoms with E-state index in [-0.39, 0.29) is 11.7 Å². The summed E-state index contributed by atoms with van der Waals surface area (Å²) in [5, 5.41) is 13.1. The molecule has 1 aromatic heterocycles. The summed E-state index contributed by atoms with van der Waals surface area (Å²) < 4.78 is 18.3. The highest BCUT2D eigenvalue weighted by Gasteiger charge is 2.21. The van der Waals surface area contributed by atoms with Crippen molar-refractivity contribution in [1.82, 2.24) is 14.8 Å². The van der Waals surface area contributed by atoms with Gasteiger partial charge in [0.1, 0.15) is 17.2 Å². The van der Waals surface area contributed by atoms with E-state index in [1.165, 1.54) is 26.0 Å². The molecule has 1 amide bonds. The number of halogens is 3. The van der Waals surface area contributed by atoms with Crippen LogP contribution in [-0.4, -0.2) is 40.6 Å². The summed E-state index contributed by atoms with van der Waals surface area (Å²) in [6, 6.07) is 8.14. The zero-order valence-electron chi connectivity index (χ0n) is 19.2. The molecule has 0 radical (unpaired) electrons. The van der Waals surface area contributed by atoms with Crippen LogP contribution >= 0.6 is 46.6 Å². The predicted molar refractivity (Wildman–Crippen MR) is 140 cm³/mol. The normalized spacial score (nSPS) is 11.6. The Hall–Kier alpha value is -2.59. The number of nitrogens with one attached hydrogen (secondary N) is 1. The maximum Gasteiger partial charge on any atom is 0.234 e. The maximum atomic E-state index is 12.7. The number of carbonyl (C=O) groups is 1. The van der Waals surface area contributed by atoms with Crippen molar-refractivity contribution in [3.8, 4) is 17.2 Å². The average Bonchev–Trinajstić information content (AvgIpc) is 3.23. The second kappa shape index (κ2) is 12.4. The van der Waals surface area contributed by atoms with Gasteiger partial charge in [-0.2, -0.15) is 0 Å². The minimum atomic E-state index is -0.493. The van der Waals surface area contributed by atoms with Gasteiger partial charge in [-0.25, -0.2) is 0 Å². The molecule has 186 valence electrons. The Morgan fingerprint density at radius 1 is 1.11 bits per heavy atom. The Morgan fingerprint density at radius 3 is 2.54 bits per heavy atom. The lowest BCUT2D eigenvalue weighted by Gasteiger charge is -2.17. The number of aromatic nitrogens is 3. The number of rotatable bonds is 11. The van der Waals surface area contributed by atoms with Crippen LogP contribution in [0.5, 0.6) is 17.2 Å². The van der Waals surface area contributed by atoms with Gasteiger partial charge in [0.15, 0.2) is 17.1 Å². The standard InChI is InChI=1S/C23H23Cl3N4O4S/c1-5-8-30-22(13(2)34-19-9-14(24)6-7-15(19)25)28-29-23(30)35-12-21(31)27-17-11-18(32-3)16(26)10-20(17)33-4/h5-7,9-11,13H,1,8,12H2,2-4H3,(H,27,31). The number of hydrogen-bond acceptors (Lipinski definition) is 7. The molecule has 0 fully saturated rings. The maximum absolute atomic E-state index is 12.7. The summed E-state index contributed by atoms with van der Waals surface area (Å²) in [4.78, 5) is 12.7. The molecule has 2 aromatic carbocycles. The third-order valence-corrected chi connectivity index (χ3v) is 6.51. The van der Waals surface area contributed by atoms with Gasteiger partial charge in [0.2, 0.25) is 5.91 Å². The number of anilines is 1. The SMILES string of the molecule is C=CCn1c(SCC(=O)Nc2cc(OC)c(Cl)cc2OC)nnc1C(C)Oc1cc(Cl)ccc1Cl. The number of benzene rings is 2. The Labute approximate surface area is 222 Å². The zero-order valence-corrected chi connectivity index (χ0v) is 22.3. The fraction of sp³-hybridized carbons (Fsp3) is 0.261. The van der Waals surface area contributed by atoms with E-state index in [0.29, 0.717) is 55.5 Å². The lowest BCUT2D eigenvalue weighted by Crippen LogP contribution is -2.16. The summed E-state index contributed by atoms with van der Waals surface area (Å²) in [5.74, 6) is 1.60. The van der Waals surface area contributed by atoms with E-state index >= 15 is 0 Å². The van der Waals surface area contributed by atoms with Gasteiger partial charge in [-0.15, -0.1) is 16.8 Å². The molecule has 1 heterocycles. The zero-order chi connectivity index (χ0) is 25.5. The number of ether oxygens (including phenoxy) is 3. The van der Waals surface area contributed by atoms with E-state index in [1.807, 2.05) is 11.5 Å². The monoisotopic (exact) mass is 556 g/mol. The molecule has 35 heavy (non-hydrogen) atoms. The molecular formula is C23H23Cl3N4O4S. The molecule has 8 nitrogen and oxygen atoms in total. The average molecular weight is 558 g/mol. The van der Waals surface area contributed by atoms with Crippen LogP contribution < -0.4 is 19.5 Å². The van der Waals surface area contributed by atoms with Crippen LogP contribution in [0.3, 0.4) is 0 Å².